The fourth-order valence-electron chi connectivity index (χ4n) is 4.18. The van der Waals surface area contributed by atoms with E-state index in [9.17, 15) is 18.0 Å². The summed E-state index contributed by atoms with van der Waals surface area (Å²) in [5.41, 5.74) is 0.729. The second-order valence-corrected chi connectivity index (χ2v) is 8.32. The van der Waals surface area contributed by atoms with Crippen LogP contribution in [0, 0.1) is 5.92 Å². The summed E-state index contributed by atoms with van der Waals surface area (Å²) in [7, 11) is 1.81. The van der Waals surface area contributed by atoms with Crippen LogP contribution in [0.5, 0.6) is 0 Å². The Kier molecular flexibility index (Phi) is 8.07. The zero-order valence-corrected chi connectivity index (χ0v) is 17.9. The molecule has 1 aliphatic heterocycles. The summed E-state index contributed by atoms with van der Waals surface area (Å²) in [5, 5.41) is 0. The van der Waals surface area contributed by atoms with Gasteiger partial charge in [-0.1, -0.05) is 24.3 Å². The topological polar surface area (TPSA) is 36.4 Å². The van der Waals surface area contributed by atoms with E-state index >= 15 is 0 Å². The lowest BCUT2D eigenvalue weighted by molar-refractivity contribution is -0.138. The van der Waals surface area contributed by atoms with E-state index in [1.165, 1.54) is 6.07 Å². The quantitative estimate of drug-likeness (QED) is 0.600. The van der Waals surface area contributed by atoms with Crippen molar-refractivity contribution in [2.45, 2.75) is 44.8 Å². The molecule has 1 aliphatic rings. The smallest absolute Gasteiger partial charge is 0.345 e. The van der Waals surface area contributed by atoms with Gasteiger partial charge in [0.15, 0.2) is 0 Å². The van der Waals surface area contributed by atoms with Crippen molar-refractivity contribution in [1.82, 2.24) is 14.8 Å². The van der Waals surface area contributed by atoms with Crippen molar-refractivity contribution in [2.24, 2.45) is 5.92 Å². The van der Waals surface area contributed by atoms with Crippen molar-refractivity contribution in [3.63, 3.8) is 0 Å². The number of benzene rings is 1. The number of rotatable bonds is 8. The fourth-order valence-corrected chi connectivity index (χ4v) is 4.18. The number of hydrogen-bond donors (Lipinski definition) is 0. The number of alkyl halides is 3. The van der Waals surface area contributed by atoms with Crippen LogP contribution in [-0.2, 0) is 23.9 Å². The first-order valence-corrected chi connectivity index (χ1v) is 10.8. The van der Waals surface area contributed by atoms with Gasteiger partial charge in [-0.3, -0.25) is 14.7 Å². The third kappa shape index (κ3) is 7.06. The van der Waals surface area contributed by atoms with Crippen LogP contribution < -0.4 is 0 Å². The van der Waals surface area contributed by atoms with E-state index in [1.807, 2.05) is 25.2 Å². The van der Waals surface area contributed by atoms with E-state index < -0.39 is 11.7 Å². The molecule has 1 aromatic heterocycles. The highest BCUT2D eigenvalue weighted by molar-refractivity contribution is 5.75. The van der Waals surface area contributed by atoms with Gasteiger partial charge >= 0.3 is 6.18 Å². The minimum absolute atomic E-state index is 0.107. The molecule has 1 saturated heterocycles. The van der Waals surface area contributed by atoms with Crippen LogP contribution in [0.15, 0.2) is 48.7 Å². The second-order valence-electron chi connectivity index (χ2n) is 8.32. The van der Waals surface area contributed by atoms with E-state index in [0.29, 0.717) is 31.0 Å². The summed E-state index contributed by atoms with van der Waals surface area (Å²) in [6.45, 7) is 2.45. The lowest BCUT2D eigenvalue weighted by atomic mass is 9.92. The zero-order chi connectivity index (χ0) is 22.3. The van der Waals surface area contributed by atoms with Gasteiger partial charge in [-0.2, -0.15) is 13.2 Å². The highest BCUT2D eigenvalue weighted by atomic mass is 19.4. The van der Waals surface area contributed by atoms with Crippen LogP contribution in [0.25, 0.3) is 0 Å². The molecule has 1 amide bonds. The van der Waals surface area contributed by atoms with Crippen molar-refractivity contribution in [3.8, 4) is 0 Å². The maximum absolute atomic E-state index is 13.3. The van der Waals surface area contributed by atoms with Gasteiger partial charge in [0, 0.05) is 51.4 Å². The average molecular weight is 434 g/mol. The molecular weight excluding hydrogens is 403 g/mol. The van der Waals surface area contributed by atoms with Gasteiger partial charge in [-0.25, -0.2) is 0 Å². The largest absolute Gasteiger partial charge is 0.416 e. The van der Waals surface area contributed by atoms with Gasteiger partial charge in [-0.15, -0.1) is 0 Å². The summed E-state index contributed by atoms with van der Waals surface area (Å²) in [6, 6.07) is 11.6. The fraction of sp³-hybridized carbons (Fsp3) is 0.500. The number of amides is 1. The van der Waals surface area contributed by atoms with Crippen molar-refractivity contribution in [1.29, 1.82) is 0 Å². The zero-order valence-electron chi connectivity index (χ0n) is 17.9. The van der Waals surface area contributed by atoms with Crippen LogP contribution in [0.4, 0.5) is 13.2 Å². The molecule has 1 unspecified atom stereocenters. The Morgan fingerprint density at radius 3 is 2.71 bits per heavy atom. The highest BCUT2D eigenvalue weighted by Gasteiger charge is 2.33. The van der Waals surface area contributed by atoms with Crippen molar-refractivity contribution < 1.29 is 18.0 Å². The van der Waals surface area contributed by atoms with E-state index in [4.69, 9.17) is 0 Å². The van der Waals surface area contributed by atoms with Crippen molar-refractivity contribution in [2.75, 3.05) is 26.7 Å². The molecule has 0 saturated carbocycles. The van der Waals surface area contributed by atoms with E-state index in [1.54, 1.807) is 23.2 Å². The van der Waals surface area contributed by atoms with Crippen LogP contribution in [-0.4, -0.2) is 47.4 Å². The second kappa shape index (κ2) is 10.8. The predicted molar refractivity (Wildman–Crippen MR) is 114 cm³/mol. The predicted octanol–water partition coefficient (Wildman–Crippen LogP) is 4.79. The van der Waals surface area contributed by atoms with Gasteiger partial charge in [-0.05, 0) is 55.5 Å². The first-order chi connectivity index (χ1) is 14.8. The van der Waals surface area contributed by atoms with E-state index in [0.717, 1.165) is 50.5 Å². The molecule has 0 spiro atoms. The molecule has 0 bridgehead atoms. The molecule has 3 rings (SSSR count). The SMILES string of the molecule is CN(CCc1ccccn1)C(=O)CCC1CCCN(Cc2ccccc2C(F)(F)F)C1. The van der Waals surface area contributed by atoms with Crippen molar-refractivity contribution >= 4 is 5.91 Å². The molecule has 7 heteroatoms. The first-order valence-electron chi connectivity index (χ1n) is 10.8. The Labute approximate surface area is 182 Å². The summed E-state index contributed by atoms with van der Waals surface area (Å²) >= 11 is 0. The number of carbonyl (C=O) groups is 1. The van der Waals surface area contributed by atoms with Gasteiger partial charge in [0.05, 0.1) is 5.56 Å². The summed E-state index contributed by atoms with van der Waals surface area (Å²) in [5.74, 6) is 0.440. The highest BCUT2D eigenvalue weighted by Crippen LogP contribution is 2.33. The number of likely N-dealkylation sites (tertiary alicyclic amines) is 1. The monoisotopic (exact) mass is 433 g/mol. The molecule has 1 aromatic carbocycles. The molecule has 4 nitrogen and oxygen atoms in total. The normalized spacial score (nSPS) is 17.5. The molecule has 0 radical (unpaired) electrons. The maximum atomic E-state index is 13.3. The lowest BCUT2D eigenvalue weighted by Gasteiger charge is -2.33. The number of nitrogens with zero attached hydrogens (tertiary/aromatic N) is 3. The Morgan fingerprint density at radius 2 is 1.97 bits per heavy atom. The molecule has 1 fully saturated rings. The standard InChI is InChI=1S/C24H30F3N3O/c1-29(16-13-21-9-4-5-14-28-21)23(31)12-11-19-7-6-15-30(17-19)18-20-8-2-3-10-22(20)24(25,26)27/h2-5,8-10,14,19H,6-7,11-13,15-18H2,1H3. The average Bonchev–Trinajstić information content (AvgIpc) is 2.76. The summed E-state index contributed by atoms with van der Waals surface area (Å²) < 4.78 is 39.8. The summed E-state index contributed by atoms with van der Waals surface area (Å²) in [6.07, 6.45) is 1.33. The Balaban J connectivity index is 1.46. The van der Waals surface area contributed by atoms with Gasteiger partial charge in [0.2, 0.25) is 5.91 Å². The number of hydrogen-bond acceptors (Lipinski definition) is 3. The molecule has 0 aliphatic carbocycles. The number of pyridine rings is 1. The minimum atomic E-state index is -4.34. The lowest BCUT2D eigenvalue weighted by Crippen LogP contribution is -2.36. The van der Waals surface area contributed by atoms with E-state index in [2.05, 4.69) is 9.88 Å². The Morgan fingerprint density at radius 1 is 1.19 bits per heavy atom. The van der Waals surface area contributed by atoms with Crippen LogP contribution >= 0.6 is 0 Å². The number of piperidine rings is 1. The molecule has 31 heavy (non-hydrogen) atoms. The molecule has 0 N–H and O–H groups in total. The molecule has 1 atom stereocenters. The first kappa shape index (κ1) is 23.3. The third-order valence-electron chi connectivity index (χ3n) is 5.94. The van der Waals surface area contributed by atoms with Crippen LogP contribution in [0.2, 0.25) is 0 Å². The molecule has 2 heterocycles. The Hall–Kier alpha value is -2.41. The summed E-state index contributed by atoms with van der Waals surface area (Å²) in [4.78, 5) is 20.6. The third-order valence-corrected chi connectivity index (χ3v) is 5.94. The van der Waals surface area contributed by atoms with Crippen LogP contribution in [0.1, 0.15) is 42.5 Å². The molecular formula is C24H30F3N3O. The van der Waals surface area contributed by atoms with Gasteiger partial charge in [0.1, 0.15) is 0 Å². The number of carbonyl (C=O) groups excluding carboxylic acids is 1. The Bertz CT molecular complexity index is 841. The number of halogens is 3. The number of aromatic nitrogens is 1. The van der Waals surface area contributed by atoms with E-state index in [-0.39, 0.29) is 5.91 Å². The minimum Gasteiger partial charge on any atom is -0.345 e. The number of likely N-dealkylation sites (N-methyl/N-ethyl adjacent to an activating group) is 1. The molecule has 2 aromatic rings. The van der Waals surface area contributed by atoms with Gasteiger partial charge < -0.3 is 4.90 Å². The van der Waals surface area contributed by atoms with Crippen molar-refractivity contribution in [3.05, 3.63) is 65.5 Å². The molecule has 168 valence electrons. The van der Waals surface area contributed by atoms with Crippen LogP contribution in [0.3, 0.4) is 0 Å². The maximum Gasteiger partial charge on any atom is 0.416 e. The van der Waals surface area contributed by atoms with Gasteiger partial charge in [0.25, 0.3) is 0 Å².